The number of allylic oxidation sites excluding steroid dienone is 2. The second-order valence-corrected chi connectivity index (χ2v) is 18.9. The molecule has 2 aromatic carbocycles. The van der Waals surface area contributed by atoms with Gasteiger partial charge < -0.3 is 35.5 Å². The van der Waals surface area contributed by atoms with Crippen LogP contribution in [0.3, 0.4) is 0 Å². The molecule has 15 nitrogen and oxygen atoms in total. The van der Waals surface area contributed by atoms with E-state index in [0.717, 1.165) is 5.69 Å². The quantitative estimate of drug-likeness (QED) is 0.0648. The normalized spacial score (nSPS) is 12.3. The van der Waals surface area contributed by atoms with Crippen LogP contribution in [0.15, 0.2) is 48.6 Å². The number of benzene rings is 2. The van der Waals surface area contributed by atoms with Gasteiger partial charge in [0, 0.05) is 43.8 Å². The van der Waals surface area contributed by atoms with Crippen molar-refractivity contribution in [2.75, 3.05) is 24.3 Å². The molecule has 0 atom stereocenters. The Morgan fingerprint density at radius 2 is 1.60 bits per heavy atom. The number of fused-ring (bicyclic) bond motifs is 2. The Balaban J connectivity index is 1.39. The van der Waals surface area contributed by atoms with Gasteiger partial charge in [0.15, 0.2) is 8.32 Å². The number of carbonyl (C=O) groups is 3. The van der Waals surface area contributed by atoms with Crippen molar-refractivity contribution in [3.05, 3.63) is 71.1 Å². The van der Waals surface area contributed by atoms with Crippen LogP contribution >= 0.6 is 0 Å². The number of hydrogen-bond acceptors (Lipinski definition) is 9. The standard InChI is InChI=1S/C36H48N10O5Si/c1-8-46-28(18-22(2)43-46)33(49)42-35-41-25-19-23(31(37)47)12-13-27(25)44(35)14-9-10-15-45-30-26(40-34(45)39)20-24(32(38)48)21-29(30)50-16-11-17-51-52(6,7)36(3,4)5/h9-10,12-13,18-21H,8,11,14-17H2,1-7H3,(H2,37,47)(H2,38,48)(H2,39,40)(H,41,42,49). The van der Waals surface area contributed by atoms with Crippen LogP contribution in [-0.2, 0) is 24.1 Å². The summed E-state index contributed by atoms with van der Waals surface area (Å²) in [5.41, 5.74) is 21.5. The van der Waals surface area contributed by atoms with Crippen LogP contribution in [0.25, 0.3) is 22.1 Å². The number of nitrogens with two attached hydrogens (primary N) is 3. The molecule has 0 bridgehead atoms. The minimum absolute atomic E-state index is 0.0980. The molecule has 0 saturated heterocycles. The summed E-state index contributed by atoms with van der Waals surface area (Å²) in [6.07, 6.45) is 4.46. The average Bonchev–Trinajstić information content (AvgIpc) is 3.73. The summed E-state index contributed by atoms with van der Waals surface area (Å²) in [6.45, 7) is 16.8. The molecule has 0 saturated carbocycles. The highest BCUT2D eigenvalue weighted by Gasteiger charge is 2.36. The number of amides is 3. The predicted octanol–water partition coefficient (Wildman–Crippen LogP) is 4.99. The summed E-state index contributed by atoms with van der Waals surface area (Å²) in [6, 6.07) is 9.87. The lowest BCUT2D eigenvalue weighted by Crippen LogP contribution is -2.41. The maximum atomic E-state index is 13.4. The van der Waals surface area contributed by atoms with Crippen molar-refractivity contribution in [3.8, 4) is 5.75 Å². The highest BCUT2D eigenvalue weighted by Crippen LogP contribution is 2.36. The molecule has 0 fully saturated rings. The number of hydrogen-bond donors (Lipinski definition) is 4. The molecule has 0 aliphatic rings. The maximum absolute atomic E-state index is 13.4. The van der Waals surface area contributed by atoms with Gasteiger partial charge in [0.1, 0.15) is 17.0 Å². The van der Waals surface area contributed by atoms with Gasteiger partial charge in [0.2, 0.25) is 23.7 Å². The van der Waals surface area contributed by atoms with Crippen LogP contribution in [0.4, 0.5) is 11.9 Å². The summed E-state index contributed by atoms with van der Waals surface area (Å²) < 4.78 is 17.7. The summed E-state index contributed by atoms with van der Waals surface area (Å²) in [5, 5.41) is 7.39. The third kappa shape index (κ3) is 8.02. The summed E-state index contributed by atoms with van der Waals surface area (Å²) in [4.78, 5) is 46.5. The Kier molecular flexibility index (Phi) is 10.9. The largest absolute Gasteiger partial charge is 0.491 e. The molecule has 276 valence electrons. The number of primary amides is 2. The second-order valence-electron chi connectivity index (χ2n) is 14.1. The van der Waals surface area contributed by atoms with Crippen molar-refractivity contribution in [2.24, 2.45) is 11.5 Å². The molecule has 16 heteroatoms. The van der Waals surface area contributed by atoms with Crippen molar-refractivity contribution in [1.82, 2.24) is 28.9 Å². The van der Waals surface area contributed by atoms with Gasteiger partial charge in [-0.2, -0.15) is 5.10 Å². The summed E-state index contributed by atoms with van der Waals surface area (Å²) in [5.74, 6) is -0.601. The van der Waals surface area contributed by atoms with E-state index in [9.17, 15) is 14.4 Å². The number of rotatable bonds is 15. The number of aryl methyl sites for hydroxylation is 2. The number of imidazole rings is 2. The van der Waals surface area contributed by atoms with E-state index < -0.39 is 20.1 Å². The van der Waals surface area contributed by atoms with Gasteiger partial charge in [-0.15, -0.1) is 0 Å². The Bertz CT molecular complexity index is 2170. The van der Waals surface area contributed by atoms with E-state index in [1.807, 2.05) is 30.6 Å². The van der Waals surface area contributed by atoms with E-state index in [1.165, 1.54) is 0 Å². The number of nitrogen functional groups attached to an aromatic ring is 1. The minimum atomic E-state index is -1.90. The van der Waals surface area contributed by atoms with Crippen LogP contribution in [0.1, 0.15) is 71.0 Å². The molecule has 3 aromatic heterocycles. The van der Waals surface area contributed by atoms with E-state index in [1.54, 1.807) is 45.6 Å². The molecule has 3 heterocycles. The molecule has 0 aliphatic heterocycles. The van der Waals surface area contributed by atoms with Gasteiger partial charge in [-0.3, -0.25) is 24.4 Å². The molecule has 7 N–H and O–H groups in total. The van der Waals surface area contributed by atoms with Crippen molar-refractivity contribution in [1.29, 1.82) is 0 Å². The Morgan fingerprint density at radius 3 is 2.25 bits per heavy atom. The molecule has 0 radical (unpaired) electrons. The molecule has 5 rings (SSSR count). The zero-order chi connectivity index (χ0) is 38.0. The molecule has 0 unspecified atom stereocenters. The lowest BCUT2D eigenvalue weighted by Gasteiger charge is -2.36. The smallest absolute Gasteiger partial charge is 0.276 e. The summed E-state index contributed by atoms with van der Waals surface area (Å²) in [7, 11) is -1.90. The minimum Gasteiger partial charge on any atom is -0.491 e. The van der Waals surface area contributed by atoms with E-state index >= 15 is 0 Å². The zero-order valence-electron chi connectivity index (χ0n) is 30.8. The first-order chi connectivity index (χ1) is 24.5. The van der Waals surface area contributed by atoms with Crippen LogP contribution in [0.2, 0.25) is 18.1 Å². The number of carbonyl (C=O) groups excluding carboxylic acids is 3. The fourth-order valence-electron chi connectivity index (χ4n) is 5.53. The van der Waals surface area contributed by atoms with E-state index in [0.29, 0.717) is 78.3 Å². The SMILES string of the molecule is CCn1nc(C)cc1C(=O)Nc1nc2cc(C(N)=O)ccc2n1CC=CCn1c(N)nc2cc(C(N)=O)cc(OCCCO[Si](C)(C)C(C)(C)C)c21. The van der Waals surface area contributed by atoms with Crippen LogP contribution in [0, 0.1) is 6.92 Å². The third-order valence-corrected chi connectivity index (χ3v) is 13.9. The fourth-order valence-corrected chi connectivity index (χ4v) is 6.62. The van der Waals surface area contributed by atoms with Gasteiger partial charge in [-0.05, 0) is 68.4 Å². The molecule has 3 amide bonds. The molecule has 52 heavy (non-hydrogen) atoms. The van der Waals surface area contributed by atoms with Crippen molar-refractivity contribution in [2.45, 2.75) is 78.8 Å². The van der Waals surface area contributed by atoms with Gasteiger partial charge in [-0.1, -0.05) is 32.9 Å². The number of nitrogens with zero attached hydrogens (tertiary/aromatic N) is 6. The van der Waals surface area contributed by atoms with Crippen LogP contribution in [-0.4, -0.2) is 68.1 Å². The Labute approximate surface area is 303 Å². The monoisotopic (exact) mass is 728 g/mol. The van der Waals surface area contributed by atoms with Gasteiger partial charge in [0.05, 0.1) is 28.9 Å². The van der Waals surface area contributed by atoms with Crippen molar-refractivity contribution < 1.29 is 23.5 Å². The lowest BCUT2D eigenvalue weighted by atomic mass is 10.1. The second kappa shape index (κ2) is 15.0. The highest BCUT2D eigenvalue weighted by molar-refractivity contribution is 6.74. The number of nitrogens with one attached hydrogen (secondary N) is 1. The first-order valence-corrected chi connectivity index (χ1v) is 20.1. The van der Waals surface area contributed by atoms with Crippen LogP contribution in [0.5, 0.6) is 5.75 Å². The Morgan fingerprint density at radius 1 is 0.923 bits per heavy atom. The number of aromatic nitrogens is 6. The predicted molar refractivity (Wildman–Crippen MR) is 204 cm³/mol. The fraction of sp³-hybridized carbons (Fsp3) is 0.389. The molecular weight excluding hydrogens is 681 g/mol. The molecule has 5 aromatic rings. The average molecular weight is 729 g/mol. The lowest BCUT2D eigenvalue weighted by molar-refractivity contribution is 0.0992. The molecule has 0 spiro atoms. The maximum Gasteiger partial charge on any atom is 0.276 e. The van der Waals surface area contributed by atoms with Gasteiger partial charge in [0.25, 0.3) is 5.91 Å². The van der Waals surface area contributed by atoms with E-state index in [-0.39, 0.29) is 28.4 Å². The topological polar surface area (TPSA) is 213 Å². The zero-order valence-corrected chi connectivity index (χ0v) is 31.8. The number of ether oxygens (including phenoxy) is 1. The Hall–Kier alpha value is -5.48. The summed E-state index contributed by atoms with van der Waals surface area (Å²) >= 11 is 0. The van der Waals surface area contributed by atoms with Gasteiger partial charge in [-0.25, -0.2) is 9.97 Å². The number of anilines is 2. The van der Waals surface area contributed by atoms with E-state index in [4.69, 9.17) is 26.4 Å². The van der Waals surface area contributed by atoms with Gasteiger partial charge >= 0.3 is 0 Å². The molecular formula is C36H48N10O5Si. The van der Waals surface area contributed by atoms with Crippen molar-refractivity contribution in [3.63, 3.8) is 0 Å². The third-order valence-electron chi connectivity index (χ3n) is 9.37. The first-order valence-electron chi connectivity index (χ1n) is 17.2. The van der Waals surface area contributed by atoms with E-state index in [2.05, 4.69) is 54.2 Å². The highest BCUT2D eigenvalue weighted by atomic mass is 28.4. The first kappa shape index (κ1) is 37.8. The van der Waals surface area contributed by atoms with Crippen LogP contribution < -0.4 is 27.3 Å². The molecule has 0 aliphatic carbocycles. The van der Waals surface area contributed by atoms with Crippen molar-refractivity contribution >= 4 is 60.0 Å².